The van der Waals surface area contributed by atoms with Gasteiger partial charge in [0, 0.05) is 17.4 Å². The molecule has 112 valence electrons. The summed E-state index contributed by atoms with van der Waals surface area (Å²) in [5.41, 5.74) is 0. The van der Waals surface area contributed by atoms with Gasteiger partial charge < -0.3 is 0 Å². The third kappa shape index (κ3) is 124. The van der Waals surface area contributed by atoms with Crippen LogP contribution in [0.4, 0.5) is 37.8 Å². The molecular formula is C6H4CrF9P3. The van der Waals surface area contributed by atoms with Crippen LogP contribution in [0.5, 0.6) is 0 Å². The molecule has 0 unspecified atom stereocenters. The summed E-state index contributed by atoms with van der Waals surface area (Å²) < 4.78 is 87.6. The number of halogens is 9. The van der Waals surface area contributed by atoms with Crippen molar-refractivity contribution in [2.24, 2.45) is 0 Å². The normalized spacial score (nSPS) is 7.79. The van der Waals surface area contributed by atoms with Gasteiger partial charge in [0.25, 0.3) is 0 Å². The molecule has 0 bridgehead atoms. The van der Waals surface area contributed by atoms with Crippen molar-refractivity contribution >= 4 is 26.6 Å². The molecule has 0 radical (unpaired) electrons. The Morgan fingerprint density at radius 3 is 0.737 bits per heavy atom. The molecule has 0 heterocycles. The van der Waals surface area contributed by atoms with E-state index in [1.54, 1.807) is 0 Å². The van der Waals surface area contributed by atoms with Crippen LogP contribution in [0.1, 0.15) is 0 Å². The molecule has 0 atom stereocenters. The summed E-state index contributed by atoms with van der Waals surface area (Å²) in [4.78, 5) is 0. The number of hydrogen-bond acceptors (Lipinski definition) is 0. The van der Waals surface area contributed by atoms with Crippen molar-refractivity contribution < 1.29 is 55.1 Å². The number of hydrogen-bond donors (Lipinski definition) is 0. The zero-order chi connectivity index (χ0) is 15.0. The van der Waals surface area contributed by atoms with E-state index in [0.717, 1.165) is 0 Å². The Hall–Kier alpha value is 0.232. The molecule has 0 aliphatic carbocycles. The van der Waals surface area contributed by atoms with Crippen molar-refractivity contribution in [3.63, 3.8) is 0 Å². The van der Waals surface area contributed by atoms with Crippen LogP contribution in [0.15, 0.2) is 24.3 Å². The molecule has 0 nitrogen and oxygen atoms in total. The van der Waals surface area contributed by atoms with E-state index in [1.165, 1.54) is 0 Å². The fourth-order valence-electron chi connectivity index (χ4n) is 0.304. The van der Waals surface area contributed by atoms with Gasteiger partial charge in [0.05, 0.1) is 0 Å². The Morgan fingerprint density at radius 1 is 0.526 bits per heavy atom. The standard InChI is InChI=1S/C6H4.Cr.3F3P/c1-2-4-6-5-3-1;;3*1-4(2)3/h1-4H;;;;. The fraction of sp³-hybridized carbons (Fsp3) is 0. The quantitative estimate of drug-likeness (QED) is 0.314. The van der Waals surface area contributed by atoms with E-state index in [1.807, 2.05) is 24.3 Å². The molecule has 1 aromatic rings. The van der Waals surface area contributed by atoms with E-state index in [9.17, 15) is 37.8 Å². The molecule has 0 fully saturated rings. The van der Waals surface area contributed by atoms with E-state index in [2.05, 4.69) is 12.1 Å². The van der Waals surface area contributed by atoms with E-state index < -0.39 is 26.6 Å². The second kappa shape index (κ2) is 23.3. The van der Waals surface area contributed by atoms with E-state index in [0.29, 0.717) is 0 Å². The maximum atomic E-state index is 9.73. The first-order valence-electron chi connectivity index (χ1n) is 3.35. The number of rotatable bonds is 0. The van der Waals surface area contributed by atoms with Crippen molar-refractivity contribution in [1.29, 1.82) is 0 Å². The zero-order valence-electron chi connectivity index (χ0n) is 8.46. The minimum atomic E-state index is -4.12. The predicted molar refractivity (Wildman–Crippen MR) is 54.8 cm³/mol. The Bertz CT molecular complexity index is 179. The second-order valence-corrected chi connectivity index (χ2v) is 2.73. The molecule has 0 aromatic heterocycles. The van der Waals surface area contributed by atoms with Gasteiger partial charge in [-0.1, -0.05) is 24.3 Å². The molecule has 0 spiro atoms. The van der Waals surface area contributed by atoms with E-state index in [4.69, 9.17) is 0 Å². The summed E-state index contributed by atoms with van der Waals surface area (Å²) in [7, 11) is -12.4. The van der Waals surface area contributed by atoms with Gasteiger partial charge in [0.15, 0.2) is 0 Å². The van der Waals surface area contributed by atoms with Gasteiger partial charge in [0.1, 0.15) is 0 Å². The summed E-state index contributed by atoms with van der Waals surface area (Å²) in [6, 6.07) is 13.0. The van der Waals surface area contributed by atoms with Crippen LogP contribution < -0.4 is 0 Å². The van der Waals surface area contributed by atoms with E-state index in [-0.39, 0.29) is 17.4 Å². The van der Waals surface area contributed by atoms with E-state index >= 15 is 0 Å². The first kappa shape index (κ1) is 27.6. The Labute approximate surface area is 118 Å². The molecule has 1 aromatic carbocycles. The van der Waals surface area contributed by atoms with Crippen molar-refractivity contribution in [1.82, 2.24) is 0 Å². The smallest absolute Gasteiger partial charge is 0.152 e. The summed E-state index contributed by atoms with van der Waals surface area (Å²) in [5, 5.41) is 0. The van der Waals surface area contributed by atoms with Crippen LogP contribution in [-0.2, 0) is 17.4 Å². The molecule has 19 heavy (non-hydrogen) atoms. The Kier molecular flexibility index (Phi) is 33.8. The molecule has 0 aliphatic heterocycles. The first-order valence-corrected chi connectivity index (χ1v) is 6.39. The zero-order valence-corrected chi connectivity index (χ0v) is 12.4. The van der Waals surface area contributed by atoms with Gasteiger partial charge in [-0.05, 0) is 12.1 Å². The van der Waals surface area contributed by atoms with Crippen LogP contribution in [0.3, 0.4) is 0 Å². The second-order valence-electron chi connectivity index (χ2n) is 1.58. The van der Waals surface area contributed by atoms with Crippen molar-refractivity contribution in [2.45, 2.75) is 0 Å². The van der Waals surface area contributed by atoms with Gasteiger partial charge in [-0.15, -0.1) is 0 Å². The van der Waals surface area contributed by atoms with Crippen LogP contribution in [0, 0.1) is 12.1 Å². The molecule has 0 amide bonds. The van der Waals surface area contributed by atoms with Crippen LogP contribution in [0.25, 0.3) is 0 Å². The summed E-state index contributed by atoms with van der Waals surface area (Å²) in [6.45, 7) is 0. The Morgan fingerprint density at radius 2 is 0.684 bits per heavy atom. The largest absolute Gasteiger partial charge is 0.456 e. The molecule has 0 N–H and O–H groups in total. The average molecular weight is 392 g/mol. The third-order valence-electron chi connectivity index (χ3n) is 0.554. The summed E-state index contributed by atoms with van der Waals surface area (Å²) in [5.74, 6) is 0. The molecule has 1 rings (SSSR count). The van der Waals surface area contributed by atoms with Gasteiger partial charge in [-0.25, -0.2) is 0 Å². The minimum absolute atomic E-state index is 0. The fourth-order valence-corrected chi connectivity index (χ4v) is 0.304. The SMILES string of the molecule is FP(F)F.FP(F)F.FP(F)F.[Cr].c1ccccc#1. The van der Waals surface area contributed by atoms with Gasteiger partial charge in [0.2, 0.25) is 0 Å². The van der Waals surface area contributed by atoms with Crippen LogP contribution >= 0.6 is 26.6 Å². The van der Waals surface area contributed by atoms with Crippen LogP contribution in [-0.4, -0.2) is 0 Å². The molecule has 0 aliphatic rings. The summed E-state index contributed by atoms with van der Waals surface area (Å²) in [6.07, 6.45) is 0. The Balaban J connectivity index is -0.0000000796. The van der Waals surface area contributed by atoms with Crippen molar-refractivity contribution in [2.75, 3.05) is 0 Å². The monoisotopic (exact) mass is 392 g/mol. The van der Waals surface area contributed by atoms with Crippen LogP contribution in [0.2, 0.25) is 0 Å². The van der Waals surface area contributed by atoms with Crippen molar-refractivity contribution in [3.05, 3.63) is 36.4 Å². The summed E-state index contributed by atoms with van der Waals surface area (Å²) >= 11 is 0. The minimum Gasteiger partial charge on any atom is -0.152 e. The average Bonchev–Trinajstić information content (AvgIpc) is 2.17. The molecule has 13 heteroatoms. The molecular weight excluding hydrogens is 388 g/mol. The topological polar surface area (TPSA) is 0 Å². The molecule has 0 saturated heterocycles. The molecule has 0 saturated carbocycles. The first-order chi connectivity index (χ1) is 8.20. The van der Waals surface area contributed by atoms with Gasteiger partial charge >= 0.3 is 26.6 Å². The van der Waals surface area contributed by atoms with Gasteiger partial charge in [-0.2, -0.15) is 37.8 Å². The maximum Gasteiger partial charge on any atom is 0.456 e. The van der Waals surface area contributed by atoms with Gasteiger partial charge in [-0.3, -0.25) is 0 Å². The van der Waals surface area contributed by atoms with Crippen molar-refractivity contribution in [3.8, 4) is 0 Å². The third-order valence-corrected chi connectivity index (χ3v) is 0.554. The maximum absolute atomic E-state index is 9.73. The predicted octanol–water partition coefficient (Wildman–Crippen LogP) is 7.65.